The van der Waals surface area contributed by atoms with Gasteiger partial charge in [-0.2, -0.15) is 0 Å². The molecule has 1 aliphatic carbocycles. The van der Waals surface area contributed by atoms with E-state index in [1.807, 2.05) is 0 Å². The molecule has 0 radical (unpaired) electrons. The molecule has 1 aliphatic heterocycles. The number of aromatic nitrogens is 2. The van der Waals surface area contributed by atoms with Gasteiger partial charge >= 0.3 is 0 Å². The van der Waals surface area contributed by atoms with E-state index in [9.17, 15) is 4.79 Å². The molecule has 152 valence electrons. The summed E-state index contributed by atoms with van der Waals surface area (Å²) < 4.78 is 5.41. The van der Waals surface area contributed by atoms with Crippen LogP contribution in [0.1, 0.15) is 74.3 Å². The van der Waals surface area contributed by atoms with E-state index in [1.54, 1.807) is 6.20 Å². The maximum atomic E-state index is 13.1. The molecule has 0 unspecified atom stereocenters. The number of hydrogen-bond acceptors (Lipinski definition) is 4. The molecule has 1 saturated carbocycles. The van der Waals surface area contributed by atoms with E-state index >= 15 is 0 Å². The van der Waals surface area contributed by atoms with Crippen LogP contribution in [0.4, 0.5) is 5.69 Å². The van der Waals surface area contributed by atoms with Gasteiger partial charge < -0.3 is 20.4 Å². The van der Waals surface area contributed by atoms with Crippen LogP contribution in [-0.2, 0) is 11.2 Å². The molecule has 1 amide bonds. The first-order valence-corrected chi connectivity index (χ1v) is 10.9. The summed E-state index contributed by atoms with van der Waals surface area (Å²) in [6.07, 6.45) is 11.7. The minimum atomic E-state index is -0.0298. The summed E-state index contributed by atoms with van der Waals surface area (Å²) in [6.45, 7) is 3.61. The van der Waals surface area contributed by atoms with Crippen molar-refractivity contribution in [2.75, 3.05) is 18.5 Å². The van der Waals surface area contributed by atoms with Gasteiger partial charge in [-0.15, -0.1) is 0 Å². The lowest BCUT2D eigenvalue weighted by molar-refractivity contribution is 0.0697. The molecule has 28 heavy (non-hydrogen) atoms. The predicted octanol–water partition coefficient (Wildman–Crippen LogP) is 4.17. The van der Waals surface area contributed by atoms with Crippen LogP contribution < -0.4 is 10.6 Å². The number of hydrogen-bond donors (Lipinski definition) is 3. The van der Waals surface area contributed by atoms with Crippen molar-refractivity contribution in [3.63, 3.8) is 0 Å². The van der Waals surface area contributed by atoms with E-state index in [2.05, 4.69) is 33.6 Å². The highest BCUT2D eigenvalue weighted by Gasteiger charge is 2.23. The Bertz CT molecular complexity index is 804. The van der Waals surface area contributed by atoms with Crippen molar-refractivity contribution in [1.82, 2.24) is 15.3 Å². The fourth-order valence-corrected chi connectivity index (χ4v) is 4.42. The summed E-state index contributed by atoms with van der Waals surface area (Å²) in [5.41, 5.74) is 3.65. The number of rotatable bonds is 6. The Morgan fingerprint density at radius 2 is 1.96 bits per heavy atom. The lowest BCUT2D eigenvalue weighted by atomic mass is 9.95. The maximum Gasteiger partial charge on any atom is 0.255 e. The van der Waals surface area contributed by atoms with Gasteiger partial charge in [-0.1, -0.05) is 32.6 Å². The number of amides is 1. The molecular weight excluding hydrogens is 352 g/mol. The lowest BCUT2D eigenvalue weighted by Gasteiger charge is -2.26. The zero-order valence-electron chi connectivity index (χ0n) is 16.9. The smallest absolute Gasteiger partial charge is 0.255 e. The van der Waals surface area contributed by atoms with Crippen molar-refractivity contribution in [3.05, 3.63) is 23.5 Å². The van der Waals surface area contributed by atoms with Gasteiger partial charge in [0.05, 0.1) is 11.3 Å². The van der Waals surface area contributed by atoms with Gasteiger partial charge in [-0.25, -0.2) is 4.98 Å². The van der Waals surface area contributed by atoms with Crippen molar-refractivity contribution < 1.29 is 9.53 Å². The zero-order valence-corrected chi connectivity index (χ0v) is 16.9. The summed E-state index contributed by atoms with van der Waals surface area (Å²) in [7, 11) is 0. The number of aromatic amines is 1. The SMILES string of the molecule is CCCc1cc2c(NC3CCCCC3)c(C(=O)NC3CCOCC3)cnc2[nH]1. The van der Waals surface area contributed by atoms with E-state index in [0.29, 0.717) is 24.8 Å². The molecule has 4 rings (SSSR count). The molecule has 0 atom stereocenters. The molecular formula is C22H32N4O2. The monoisotopic (exact) mass is 384 g/mol. The first kappa shape index (κ1) is 19.2. The Morgan fingerprint density at radius 1 is 1.18 bits per heavy atom. The number of aryl methyl sites for hydroxylation is 1. The zero-order chi connectivity index (χ0) is 19.3. The minimum Gasteiger partial charge on any atom is -0.381 e. The minimum absolute atomic E-state index is 0.0298. The highest BCUT2D eigenvalue weighted by atomic mass is 16.5. The Labute approximate surface area is 166 Å². The van der Waals surface area contributed by atoms with E-state index in [-0.39, 0.29) is 11.9 Å². The molecule has 2 aromatic rings. The number of anilines is 1. The quantitative estimate of drug-likeness (QED) is 0.698. The third kappa shape index (κ3) is 4.32. The van der Waals surface area contributed by atoms with Crippen molar-refractivity contribution in [2.45, 2.75) is 76.8 Å². The van der Waals surface area contributed by atoms with Crippen molar-refractivity contribution in [3.8, 4) is 0 Å². The first-order chi connectivity index (χ1) is 13.7. The average Bonchev–Trinajstić information content (AvgIpc) is 3.13. The Morgan fingerprint density at radius 3 is 2.71 bits per heavy atom. The molecule has 6 nitrogen and oxygen atoms in total. The van der Waals surface area contributed by atoms with Gasteiger partial charge in [-0.3, -0.25) is 4.79 Å². The number of H-pyrrole nitrogens is 1. The number of ether oxygens (including phenoxy) is 1. The van der Waals surface area contributed by atoms with Crippen LogP contribution >= 0.6 is 0 Å². The topological polar surface area (TPSA) is 79.0 Å². The molecule has 0 aromatic carbocycles. The van der Waals surface area contributed by atoms with Crippen LogP contribution in [0.3, 0.4) is 0 Å². The molecule has 2 aromatic heterocycles. The van der Waals surface area contributed by atoms with E-state index in [1.165, 1.54) is 25.0 Å². The number of nitrogens with one attached hydrogen (secondary N) is 3. The highest BCUT2D eigenvalue weighted by Crippen LogP contribution is 2.31. The molecule has 2 aliphatic rings. The third-order valence-electron chi connectivity index (χ3n) is 5.99. The van der Waals surface area contributed by atoms with E-state index in [0.717, 1.165) is 55.2 Å². The van der Waals surface area contributed by atoms with Crippen molar-refractivity contribution in [1.29, 1.82) is 0 Å². The molecule has 3 N–H and O–H groups in total. The number of pyridine rings is 1. The molecule has 0 bridgehead atoms. The van der Waals surface area contributed by atoms with Crippen LogP contribution in [0.15, 0.2) is 12.3 Å². The standard InChI is InChI=1S/C22H32N4O2/c1-2-6-17-13-18-20(24-15-7-4-3-5-8-15)19(14-23-21(18)25-17)22(27)26-16-9-11-28-12-10-16/h13-16H,2-12H2,1H3,(H,26,27)(H2,23,24,25). The van der Waals surface area contributed by atoms with Crippen LogP contribution in [-0.4, -0.2) is 41.2 Å². The molecule has 2 fully saturated rings. The van der Waals surface area contributed by atoms with Gasteiger partial charge in [-0.05, 0) is 38.2 Å². The molecule has 1 saturated heterocycles. The van der Waals surface area contributed by atoms with Gasteiger partial charge in [0.2, 0.25) is 0 Å². The number of nitrogens with zero attached hydrogens (tertiary/aromatic N) is 1. The van der Waals surface area contributed by atoms with Crippen molar-refractivity contribution in [2.24, 2.45) is 0 Å². The number of fused-ring (bicyclic) bond motifs is 1. The second-order valence-corrected chi connectivity index (χ2v) is 8.19. The first-order valence-electron chi connectivity index (χ1n) is 10.9. The Balaban J connectivity index is 1.64. The summed E-state index contributed by atoms with van der Waals surface area (Å²) in [5, 5.41) is 7.96. The predicted molar refractivity (Wildman–Crippen MR) is 112 cm³/mol. The van der Waals surface area contributed by atoms with Gasteiger partial charge in [0.1, 0.15) is 5.65 Å². The van der Waals surface area contributed by atoms with Crippen molar-refractivity contribution >= 4 is 22.6 Å². The summed E-state index contributed by atoms with van der Waals surface area (Å²) >= 11 is 0. The Hall–Kier alpha value is -2.08. The maximum absolute atomic E-state index is 13.1. The average molecular weight is 385 g/mol. The fourth-order valence-electron chi connectivity index (χ4n) is 4.42. The largest absolute Gasteiger partial charge is 0.381 e. The van der Waals surface area contributed by atoms with E-state index in [4.69, 9.17) is 4.74 Å². The fraction of sp³-hybridized carbons (Fsp3) is 0.636. The van der Waals surface area contributed by atoms with Crippen LogP contribution in [0.25, 0.3) is 11.0 Å². The normalized spacial score (nSPS) is 19.0. The number of carbonyl (C=O) groups excluding carboxylic acids is 1. The van der Waals surface area contributed by atoms with E-state index < -0.39 is 0 Å². The third-order valence-corrected chi connectivity index (χ3v) is 5.99. The summed E-state index contributed by atoms with van der Waals surface area (Å²) in [4.78, 5) is 21.1. The highest BCUT2D eigenvalue weighted by molar-refractivity contribution is 6.07. The Kier molecular flexibility index (Phi) is 6.15. The van der Waals surface area contributed by atoms with Gasteiger partial charge in [0.25, 0.3) is 5.91 Å². The number of carbonyl (C=O) groups is 1. The molecule has 3 heterocycles. The van der Waals surface area contributed by atoms with Gasteiger partial charge in [0.15, 0.2) is 0 Å². The summed E-state index contributed by atoms with van der Waals surface area (Å²) in [6, 6.07) is 2.78. The lowest BCUT2D eigenvalue weighted by Crippen LogP contribution is -2.39. The second kappa shape index (κ2) is 8.95. The van der Waals surface area contributed by atoms with Gasteiger partial charge in [0, 0.05) is 42.6 Å². The van der Waals surface area contributed by atoms with Crippen LogP contribution in [0.2, 0.25) is 0 Å². The molecule has 0 spiro atoms. The second-order valence-electron chi connectivity index (χ2n) is 8.19. The van der Waals surface area contributed by atoms with Crippen LogP contribution in [0.5, 0.6) is 0 Å². The summed E-state index contributed by atoms with van der Waals surface area (Å²) in [5.74, 6) is -0.0298. The molecule has 6 heteroatoms. The van der Waals surface area contributed by atoms with Crippen LogP contribution in [0, 0.1) is 0 Å².